The molecule has 0 bridgehead atoms. The molecule has 114 valence electrons. The molecule has 0 atom stereocenters. The number of hydrogen-bond donors (Lipinski definition) is 1. The fourth-order valence-electron chi connectivity index (χ4n) is 1.65. The van der Waals surface area contributed by atoms with Crippen LogP contribution in [-0.2, 0) is 6.54 Å². The molecule has 0 spiro atoms. The van der Waals surface area contributed by atoms with Gasteiger partial charge in [0.15, 0.2) is 0 Å². The first-order valence-corrected chi connectivity index (χ1v) is 7.48. The molecule has 0 aromatic heterocycles. The first kappa shape index (κ1) is 18.9. The van der Waals surface area contributed by atoms with Gasteiger partial charge >= 0.3 is 0 Å². The highest BCUT2D eigenvalue weighted by Gasteiger charge is 2.11. The summed E-state index contributed by atoms with van der Waals surface area (Å²) in [6.07, 6.45) is 0. The van der Waals surface area contributed by atoms with Gasteiger partial charge in [-0.2, -0.15) is 4.91 Å². The first-order valence-electron chi connectivity index (χ1n) is 6.68. The smallest absolute Gasteiger partial charge is 0.108 e. The van der Waals surface area contributed by atoms with Gasteiger partial charge in [-0.25, -0.2) is 0 Å². The van der Waals surface area contributed by atoms with Gasteiger partial charge in [0, 0.05) is 30.2 Å². The third kappa shape index (κ3) is 5.88. The molecule has 5 nitrogen and oxygen atoms in total. The van der Waals surface area contributed by atoms with Crippen molar-refractivity contribution in [3.8, 4) is 0 Å². The average Bonchev–Trinajstić information content (AvgIpc) is 2.42. The molecule has 1 aromatic carbocycles. The standard InChI is InChI=1S/C12H19BrN4O.C2H6/c1-16(2)4-5-17(3)11-7-10(13)6-9(8-15-18)12(11)14;1-2/h6-7H,4-5,8,14H2,1-3H3;1-2H3. The summed E-state index contributed by atoms with van der Waals surface area (Å²) < 4.78 is 0.905. The minimum atomic E-state index is 0.0970. The number of rotatable bonds is 6. The zero-order valence-corrected chi connectivity index (χ0v) is 14.6. The predicted molar refractivity (Wildman–Crippen MR) is 91.2 cm³/mol. The lowest BCUT2D eigenvalue weighted by Crippen LogP contribution is -2.29. The van der Waals surface area contributed by atoms with Crippen LogP contribution in [0.5, 0.6) is 0 Å². The molecule has 0 amide bonds. The Balaban J connectivity index is 0.00000172. The third-order valence-electron chi connectivity index (χ3n) is 2.74. The number of halogens is 1. The highest BCUT2D eigenvalue weighted by atomic mass is 79.9. The van der Waals surface area contributed by atoms with Crippen LogP contribution >= 0.6 is 15.9 Å². The monoisotopic (exact) mass is 344 g/mol. The predicted octanol–water partition coefficient (Wildman–Crippen LogP) is 3.32. The van der Waals surface area contributed by atoms with E-state index in [1.807, 2.05) is 47.1 Å². The van der Waals surface area contributed by atoms with Crippen LogP contribution in [0.3, 0.4) is 0 Å². The van der Waals surface area contributed by atoms with Gasteiger partial charge in [0.2, 0.25) is 0 Å². The van der Waals surface area contributed by atoms with Crippen LogP contribution in [0.15, 0.2) is 21.8 Å². The maximum atomic E-state index is 10.4. The van der Waals surface area contributed by atoms with E-state index in [0.717, 1.165) is 28.8 Å². The number of hydrogen-bond acceptors (Lipinski definition) is 5. The van der Waals surface area contributed by atoms with Gasteiger partial charge in [0.1, 0.15) is 6.54 Å². The largest absolute Gasteiger partial charge is 0.397 e. The summed E-state index contributed by atoms with van der Waals surface area (Å²) in [6.45, 7) is 5.89. The number of nitrogens with two attached hydrogens (primary N) is 1. The van der Waals surface area contributed by atoms with E-state index in [1.165, 1.54) is 0 Å². The van der Waals surface area contributed by atoms with Crippen molar-refractivity contribution in [1.29, 1.82) is 0 Å². The summed E-state index contributed by atoms with van der Waals surface area (Å²) in [6, 6.07) is 3.79. The second-order valence-corrected chi connectivity index (χ2v) is 5.43. The average molecular weight is 345 g/mol. The third-order valence-corrected chi connectivity index (χ3v) is 3.20. The van der Waals surface area contributed by atoms with Crippen molar-refractivity contribution in [2.24, 2.45) is 5.18 Å². The highest BCUT2D eigenvalue weighted by molar-refractivity contribution is 9.10. The quantitative estimate of drug-likeness (QED) is 0.635. The lowest BCUT2D eigenvalue weighted by atomic mass is 10.1. The molecule has 0 saturated carbocycles. The van der Waals surface area contributed by atoms with Crippen molar-refractivity contribution >= 4 is 27.3 Å². The fraction of sp³-hybridized carbons (Fsp3) is 0.571. The van der Waals surface area contributed by atoms with Crippen LogP contribution in [0.1, 0.15) is 19.4 Å². The van der Waals surface area contributed by atoms with Crippen molar-refractivity contribution in [3.05, 3.63) is 27.1 Å². The summed E-state index contributed by atoms with van der Waals surface area (Å²) in [5.41, 5.74) is 8.37. The van der Waals surface area contributed by atoms with Gasteiger partial charge in [0.25, 0.3) is 0 Å². The van der Waals surface area contributed by atoms with Crippen LogP contribution in [-0.4, -0.2) is 39.1 Å². The van der Waals surface area contributed by atoms with Gasteiger partial charge < -0.3 is 15.5 Å². The topological polar surface area (TPSA) is 61.9 Å². The molecule has 2 N–H and O–H groups in total. The van der Waals surface area contributed by atoms with Crippen molar-refractivity contribution in [3.63, 3.8) is 0 Å². The van der Waals surface area contributed by atoms with Gasteiger partial charge in [-0.3, -0.25) is 0 Å². The van der Waals surface area contributed by atoms with Crippen LogP contribution in [0, 0.1) is 4.91 Å². The van der Waals surface area contributed by atoms with Gasteiger partial charge in [-0.05, 0) is 26.2 Å². The Labute approximate surface area is 130 Å². The van der Waals surface area contributed by atoms with Gasteiger partial charge in [-0.1, -0.05) is 35.0 Å². The van der Waals surface area contributed by atoms with E-state index in [1.54, 1.807) is 0 Å². The minimum Gasteiger partial charge on any atom is -0.397 e. The second kappa shape index (κ2) is 9.72. The van der Waals surface area contributed by atoms with E-state index in [2.05, 4.69) is 30.9 Å². The molecule has 1 aromatic rings. The number of benzene rings is 1. The molecule has 0 saturated heterocycles. The minimum absolute atomic E-state index is 0.0970. The maximum absolute atomic E-state index is 10.4. The van der Waals surface area contributed by atoms with E-state index in [4.69, 9.17) is 5.73 Å². The van der Waals surface area contributed by atoms with Crippen molar-refractivity contribution < 1.29 is 0 Å². The molecule has 0 aliphatic carbocycles. The van der Waals surface area contributed by atoms with Crippen molar-refractivity contribution in [1.82, 2.24) is 4.90 Å². The number of nitroso groups, excluding NO2 is 1. The summed E-state index contributed by atoms with van der Waals surface area (Å²) >= 11 is 3.43. The Morgan fingerprint density at radius 1 is 1.20 bits per heavy atom. The molecule has 1 rings (SSSR count). The zero-order valence-electron chi connectivity index (χ0n) is 13.0. The first-order chi connectivity index (χ1) is 9.45. The lowest BCUT2D eigenvalue weighted by molar-refractivity contribution is 0.416. The SMILES string of the molecule is CC.CN(C)CCN(C)c1cc(Br)cc(CN=O)c1N. The van der Waals surface area contributed by atoms with Gasteiger partial charge in [-0.15, -0.1) is 0 Å². The number of likely N-dealkylation sites (N-methyl/N-ethyl adjacent to an activating group) is 2. The fourth-order valence-corrected chi connectivity index (χ4v) is 2.14. The summed E-state index contributed by atoms with van der Waals surface area (Å²) in [4.78, 5) is 14.6. The molecule has 0 aliphatic heterocycles. The highest BCUT2D eigenvalue weighted by Crippen LogP contribution is 2.31. The van der Waals surface area contributed by atoms with E-state index in [9.17, 15) is 4.91 Å². The molecule has 0 radical (unpaired) electrons. The molecule has 0 fully saturated rings. The van der Waals surface area contributed by atoms with Crippen LogP contribution in [0.2, 0.25) is 0 Å². The Morgan fingerprint density at radius 3 is 2.30 bits per heavy atom. The molecule has 20 heavy (non-hydrogen) atoms. The Hall–Kier alpha value is -1.14. The molecule has 6 heteroatoms. The zero-order chi connectivity index (χ0) is 15.7. The van der Waals surface area contributed by atoms with Gasteiger partial charge in [0.05, 0.1) is 11.4 Å². The van der Waals surface area contributed by atoms with E-state index < -0.39 is 0 Å². The number of nitrogens with zero attached hydrogens (tertiary/aromatic N) is 3. The molecule has 0 unspecified atom stereocenters. The lowest BCUT2D eigenvalue weighted by Gasteiger charge is -2.24. The molecule has 0 heterocycles. The summed E-state index contributed by atoms with van der Waals surface area (Å²) in [5, 5.41) is 2.90. The second-order valence-electron chi connectivity index (χ2n) is 4.51. The van der Waals surface area contributed by atoms with E-state index in [-0.39, 0.29) is 6.54 Å². The van der Waals surface area contributed by atoms with Crippen molar-refractivity contribution in [2.75, 3.05) is 44.9 Å². The Kier molecular flexibility index (Phi) is 9.16. The van der Waals surface area contributed by atoms with Crippen LogP contribution < -0.4 is 10.6 Å². The molecule has 0 aliphatic rings. The molecular formula is C14H25BrN4O. The number of nitrogen functional groups attached to an aromatic ring is 1. The van der Waals surface area contributed by atoms with Crippen LogP contribution in [0.25, 0.3) is 0 Å². The van der Waals surface area contributed by atoms with E-state index >= 15 is 0 Å². The number of anilines is 2. The summed E-state index contributed by atoms with van der Waals surface area (Å²) in [7, 11) is 6.04. The Bertz CT molecular complexity index is 424. The van der Waals surface area contributed by atoms with E-state index in [0.29, 0.717) is 5.69 Å². The maximum Gasteiger partial charge on any atom is 0.108 e. The van der Waals surface area contributed by atoms with Crippen molar-refractivity contribution in [2.45, 2.75) is 20.4 Å². The Morgan fingerprint density at radius 2 is 1.80 bits per heavy atom. The molecular weight excluding hydrogens is 320 g/mol. The van der Waals surface area contributed by atoms with Crippen LogP contribution in [0.4, 0.5) is 11.4 Å². The summed E-state index contributed by atoms with van der Waals surface area (Å²) in [5.74, 6) is 0. The normalized spacial score (nSPS) is 9.95.